The predicted octanol–water partition coefficient (Wildman–Crippen LogP) is -0.311. The zero-order chi connectivity index (χ0) is 6.85. The van der Waals surface area contributed by atoms with E-state index in [-0.39, 0.29) is 11.9 Å². The molecule has 1 aliphatic rings. The maximum absolute atomic E-state index is 10.6. The second-order valence-corrected chi connectivity index (χ2v) is 2.20. The molecule has 9 heavy (non-hydrogen) atoms. The summed E-state index contributed by atoms with van der Waals surface area (Å²) in [5, 5.41) is 0. The molecule has 0 radical (unpaired) electrons. The second-order valence-electron chi connectivity index (χ2n) is 2.20. The van der Waals surface area contributed by atoms with Gasteiger partial charge in [0, 0.05) is 7.05 Å². The fourth-order valence-corrected chi connectivity index (χ4v) is 0.943. The Labute approximate surface area is 54.1 Å². The molecular weight excluding hydrogens is 116 g/mol. The van der Waals surface area contributed by atoms with Crippen molar-refractivity contribution < 1.29 is 4.79 Å². The lowest BCUT2D eigenvalue weighted by Gasteiger charge is -2.16. The third-order valence-electron chi connectivity index (χ3n) is 1.52. The van der Waals surface area contributed by atoms with E-state index in [0.717, 1.165) is 6.42 Å². The maximum atomic E-state index is 10.6. The van der Waals surface area contributed by atoms with E-state index in [2.05, 4.69) is 0 Å². The summed E-state index contributed by atoms with van der Waals surface area (Å²) in [4.78, 5) is 12.4. The summed E-state index contributed by atoms with van der Waals surface area (Å²) in [5.41, 5.74) is 5.07. The van der Waals surface area contributed by atoms with Crippen molar-refractivity contribution in [2.24, 2.45) is 5.73 Å². The van der Waals surface area contributed by atoms with Gasteiger partial charge in [0.05, 0.1) is 0 Å². The Morgan fingerprint density at radius 1 is 1.89 bits per heavy atom. The van der Waals surface area contributed by atoms with Crippen LogP contribution in [0.15, 0.2) is 12.3 Å². The summed E-state index contributed by atoms with van der Waals surface area (Å²) < 4.78 is 0. The van der Waals surface area contributed by atoms with Gasteiger partial charge in [0.15, 0.2) is 0 Å². The lowest BCUT2D eigenvalue weighted by molar-refractivity contribution is -0.121. The van der Waals surface area contributed by atoms with Crippen LogP contribution in [0.4, 0.5) is 0 Å². The quantitative estimate of drug-likeness (QED) is 0.524. The highest BCUT2D eigenvalue weighted by Gasteiger charge is 2.20. The van der Waals surface area contributed by atoms with Crippen LogP contribution in [0.25, 0.3) is 0 Å². The van der Waals surface area contributed by atoms with Crippen molar-refractivity contribution in [2.75, 3.05) is 7.05 Å². The van der Waals surface area contributed by atoms with Crippen LogP contribution >= 0.6 is 0 Å². The lowest BCUT2D eigenvalue weighted by atomic mass is 10.2. The summed E-state index contributed by atoms with van der Waals surface area (Å²) in [6, 6.07) is -0.106. The van der Waals surface area contributed by atoms with E-state index in [4.69, 9.17) is 5.73 Å². The fourth-order valence-electron chi connectivity index (χ4n) is 0.943. The molecule has 1 aliphatic heterocycles. The minimum Gasteiger partial charge on any atom is -0.369 e. The molecular formula is C6H10N2O. The first-order valence-electron chi connectivity index (χ1n) is 2.89. The molecule has 0 saturated heterocycles. The number of hydrogen-bond acceptors (Lipinski definition) is 2. The maximum Gasteiger partial charge on any atom is 0.240 e. The average Bonchev–Trinajstić information content (AvgIpc) is 2.13. The Bertz CT molecular complexity index is 153. The number of hydrogen-bond donors (Lipinski definition) is 1. The van der Waals surface area contributed by atoms with Gasteiger partial charge in [-0.3, -0.25) is 4.79 Å². The molecule has 1 amide bonds. The van der Waals surface area contributed by atoms with Crippen molar-refractivity contribution >= 4 is 5.91 Å². The number of primary amides is 1. The molecule has 0 aromatic rings. The molecule has 2 N–H and O–H groups in total. The van der Waals surface area contributed by atoms with E-state index >= 15 is 0 Å². The molecule has 0 fully saturated rings. The molecule has 3 nitrogen and oxygen atoms in total. The van der Waals surface area contributed by atoms with Gasteiger partial charge in [0.2, 0.25) is 5.91 Å². The van der Waals surface area contributed by atoms with Crippen molar-refractivity contribution in [1.29, 1.82) is 0 Å². The van der Waals surface area contributed by atoms with E-state index < -0.39 is 0 Å². The predicted molar refractivity (Wildman–Crippen MR) is 34.5 cm³/mol. The fraction of sp³-hybridized carbons (Fsp3) is 0.500. The molecule has 0 aromatic carbocycles. The van der Waals surface area contributed by atoms with Crippen LogP contribution in [0, 0.1) is 0 Å². The van der Waals surface area contributed by atoms with Gasteiger partial charge in [0.25, 0.3) is 0 Å². The number of nitrogens with two attached hydrogens (primary N) is 1. The van der Waals surface area contributed by atoms with Crippen LogP contribution in [0.2, 0.25) is 0 Å². The Hall–Kier alpha value is -0.990. The minimum atomic E-state index is -0.248. The average molecular weight is 126 g/mol. The third-order valence-corrected chi connectivity index (χ3v) is 1.52. The zero-order valence-electron chi connectivity index (χ0n) is 5.37. The van der Waals surface area contributed by atoms with Crippen LogP contribution in [0.1, 0.15) is 6.42 Å². The topological polar surface area (TPSA) is 46.3 Å². The molecule has 1 atom stereocenters. The van der Waals surface area contributed by atoms with Crippen LogP contribution in [-0.4, -0.2) is 23.9 Å². The number of carbonyl (C=O) groups is 1. The lowest BCUT2D eigenvalue weighted by Crippen LogP contribution is -2.36. The van der Waals surface area contributed by atoms with Gasteiger partial charge in [-0.05, 0) is 12.6 Å². The molecule has 0 unspecified atom stereocenters. The summed E-state index contributed by atoms with van der Waals surface area (Å²) in [6.45, 7) is 0. The van der Waals surface area contributed by atoms with Gasteiger partial charge in [-0.15, -0.1) is 0 Å². The van der Waals surface area contributed by atoms with Crippen molar-refractivity contribution in [1.82, 2.24) is 4.90 Å². The number of carbonyl (C=O) groups excluding carboxylic acids is 1. The Morgan fingerprint density at radius 3 is 2.78 bits per heavy atom. The molecule has 1 heterocycles. The number of nitrogens with zero attached hydrogens (tertiary/aromatic N) is 1. The minimum absolute atomic E-state index is 0.106. The van der Waals surface area contributed by atoms with E-state index in [0.29, 0.717) is 0 Å². The Balaban J connectivity index is 2.55. The van der Waals surface area contributed by atoms with Gasteiger partial charge in [-0.2, -0.15) is 0 Å². The summed E-state index contributed by atoms with van der Waals surface area (Å²) in [5.74, 6) is -0.248. The summed E-state index contributed by atoms with van der Waals surface area (Å²) >= 11 is 0. The first kappa shape index (κ1) is 6.13. The highest BCUT2D eigenvalue weighted by Crippen LogP contribution is 2.09. The van der Waals surface area contributed by atoms with Crippen molar-refractivity contribution in [3.63, 3.8) is 0 Å². The van der Waals surface area contributed by atoms with Crippen molar-refractivity contribution in [3.05, 3.63) is 12.3 Å². The summed E-state index contributed by atoms with van der Waals surface area (Å²) in [6.07, 6.45) is 4.57. The second kappa shape index (κ2) is 2.09. The normalized spacial score (nSPS) is 25.0. The first-order valence-corrected chi connectivity index (χ1v) is 2.89. The highest BCUT2D eigenvalue weighted by atomic mass is 16.1. The smallest absolute Gasteiger partial charge is 0.240 e. The SMILES string of the molecule is CN1C=CC[C@H]1C(N)=O. The van der Waals surface area contributed by atoms with Crippen molar-refractivity contribution in [2.45, 2.75) is 12.5 Å². The van der Waals surface area contributed by atoms with Gasteiger partial charge in [0.1, 0.15) is 6.04 Å². The Morgan fingerprint density at radius 2 is 2.56 bits per heavy atom. The molecule has 0 aromatic heterocycles. The standard InChI is InChI=1S/C6H10N2O/c1-8-4-2-3-5(8)6(7)9/h2,4-5H,3H2,1H3,(H2,7,9)/t5-/m0/s1. The number of likely N-dealkylation sites (N-methyl/N-ethyl adjacent to an activating group) is 1. The van der Waals surface area contributed by atoms with Crippen LogP contribution < -0.4 is 5.73 Å². The Kier molecular flexibility index (Phi) is 1.42. The summed E-state index contributed by atoms with van der Waals surface area (Å²) in [7, 11) is 1.85. The molecule has 0 saturated carbocycles. The molecule has 0 aliphatic carbocycles. The first-order chi connectivity index (χ1) is 4.22. The molecule has 0 bridgehead atoms. The number of amides is 1. The highest BCUT2D eigenvalue weighted by molar-refractivity contribution is 5.80. The van der Waals surface area contributed by atoms with E-state index in [1.807, 2.05) is 24.2 Å². The zero-order valence-corrected chi connectivity index (χ0v) is 5.37. The molecule has 1 rings (SSSR count). The van der Waals surface area contributed by atoms with Gasteiger partial charge >= 0.3 is 0 Å². The van der Waals surface area contributed by atoms with Gasteiger partial charge in [-0.25, -0.2) is 0 Å². The molecule has 0 spiro atoms. The largest absolute Gasteiger partial charge is 0.369 e. The van der Waals surface area contributed by atoms with Crippen LogP contribution in [-0.2, 0) is 4.79 Å². The van der Waals surface area contributed by atoms with Gasteiger partial charge in [-0.1, -0.05) is 6.08 Å². The van der Waals surface area contributed by atoms with E-state index in [1.165, 1.54) is 0 Å². The van der Waals surface area contributed by atoms with E-state index in [1.54, 1.807) is 0 Å². The monoisotopic (exact) mass is 126 g/mol. The van der Waals surface area contributed by atoms with Crippen LogP contribution in [0.3, 0.4) is 0 Å². The number of rotatable bonds is 1. The molecule has 50 valence electrons. The van der Waals surface area contributed by atoms with E-state index in [9.17, 15) is 4.79 Å². The van der Waals surface area contributed by atoms with Crippen LogP contribution in [0.5, 0.6) is 0 Å². The molecule has 3 heteroatoms. The van der Waals surface area contributed by atoms with Crippen molar-refractivity contribution in [3.8, 4) is 0 Å². The third kappa shape index (κ3) is 1.04. The van der Waals surface area contributed by atoms with Gasteiger partial charge < -0.3 is 10.6 Å².